The van der Waals surface area contributed by atoms with Gasteiger partial charge in [0, 0.05) is 16.6 Å². The fraction of sp³-hybridized carbons (Fsp3) is 0.412. The summed E-state index contributed by atoms with van der Waals surface area (Å²) in [5.41, 5.74) is 0.720. The average molecular weight is 415 g/mol. The van der Waals surface area contributed by atoms with Gasteiger partial charge in [-0.1, -0.05) is 18.9 Å². The summed E-state index contributed by atoms with van der Waals surface area (Å²) in [4.78, 5) is 7.86. The van der Waals surface area contributed by atoms with Gasteiger partial charge in [0.25, 0.3) is 0 Å². The molecule has 0 aliphatic heterocycles. The summed E-state index contributed by atoms with van der Waals surface area (Å²) in [7, 11) is 0. The number of aromatic nitrogens is 2. The van der Waals surface area contributed by atoms with E-state index in [1.807, 2.05) is 19.1 Å². The SMILES string of the molecule is Cc1ccc(Nc2cc(C(F)(F)F)nc(NC3CCCC3)n2)c(Br)c1. The van der Waals surface area contributed by atoms with E-state index in [1.54, 1.807) is 6.07 Å². The van der Waals surface area contributed by atoms with Crippen molar-refractivity contribution in [3.8, 4) is 0 Å². The highest BCUT2D eigenvalue weighted by Crippen LogP contribution is 2.32. The largest absolute Gasteiger partial charge is 0.433 e. The number of alkyl halides is 3. The van der Waals surface area contributed by atoms with Crippen molar-refractivity contribution in [2.24, 2.45) is 0 Å². The van der Waals surface area contributed by atoms with Crippen molar-refractivity contribution in [1.29, 1.82) is 0 Å². The minimum absolute atomic E-state index is 0.00691. The molecule has 25 heavy (non-hydrogen) atoms. The Morgan fingerprint density at radius 2 is 1.84 bits per heavy atom. The van der Waals surface area contributed by atoms with Gasteiger partial charge in [-0.3, -0.25) is 0 Å². The van der Waals surface area contributed by atoms with E-state index in [0.29, 0.717) is 5.69 Å². The maximum atomic E-state index is 13.2. The van der Waals surface area contributed by atoms with Crippen LogP contribution < -0.4 is 10.6 Å². The first-order valence-corrected chi connectivity index (χ1v) is 8.86. The Morgan fingerprint density at radius 1 is 1.12 bits per heavy atom. The number of nitrogens with one attached hydrogen (secondary N) is 2. The Kier molecular flexibility index (Phi) is 5.17. The number of anilines is 3. The molecule has 134 valence electrons. The van der Waals surface area contributed by atoms with Crippen molar-refractivity contribution in [3.63, 3.8) is 0 Å². The van der Waals surface area contributed by atoms with E-state index in [4.69, 9.17) is 0 Å². The molecule has 0 atom stereocenters. The van der Waals surface area contributed by atoms with Gasteiger partial charge in [0.2, 0.25) is 5.95 Å². The molecule has 8 heteroatoms. The minimum atomic E-state index is -4.53. The first-order valence-electron chi connectivity index (χ1n) is 8.07. The van der Waals surface area contributed by atoms with Crippen LogP contribution in [0.15, 0.2) is 28.7 Å². The maximum Gasteiger partial charge on any atom is 0.433 e. The van der Waals surface area contributed by atoms with Gasteiger partial charge >= 0.3 is 6.18 Å². The van der Waals surface area contributed by atoms with Crippen molar-refractivity contribution in [3.05, 3.63) is 40.0 Å². The van der Waals surface area contributed by atoms with Gasteiger partial charge in [0.15, 0.2) is 5.69 Å². The number of hydrogen-bond acceptors (Lipinski definition) is 4. The zero-order valence-corrected chi connectivity index (χ0v) is 15.2. The number of halogens is 4. The molecule has 0 spiro atoms. The zero-order chi connectivity index (χ0) is 18.0. The van der Waals surface area contributed by atoms with E-state index in [1.165, 1.54) is 0 Å². The van der Waals surface area contributed by atoms with E-state index in [0.717, 1.165) is 41.8 Å². The topological polar surface area (TPSA) is 49.8 Å². The molecule has 4 nitrogen and oxygen atoms in total. The minimum Gasteiger partial charge on any atom is -0.351 e. The van der Waals surface area contributed by atoms with Crippen molar-refractivity contribution in [2.75, 3.05) is 10.6 Å². The van der Waals surface area contributed by atoms with Gasteiger partial charge in [-0.2, -0.15) is 18.2 Å². The predicted octanol–water partition coefficient (Wildman–Crippen LogP) is 5.66. The lowest BCUT2D eigenvalue weighted by atomic mass is 10.2. The second-order valence-corrected chi connectivity index (χ2v) is 7.05. The highest BCUT2D eigenvalue weighted by molar-refractivity contribution is 9.10. The molecule has 1 aliphatic carbocycles. The van der Waals surface area contributed by atoms with Crippen LogP contribution in [0.5, 0.6) is 0 Å². The Morgan fingerprint density at radius 3 is 2.48 bits per heavy atom. The summed E-state index contributed by atoms with van der Waals surface area (Å²) in [6, 6.07) is 6.59. The molecule has 1 heterocycles. The molecule has 0 bridgehead atoms. The van der Waals surface area contributed by atoms with Gasteiger partial charge in [-0.25, -0.2) is 4.98 Å². The monoisotopic (exact) mass is 414 g/mol. The van der Waals surface area contributed by atoms with Gasteiger partial charge in [0.1, 0.15) is 5.82 Å². The van der Waals surface area contributed by atoms with Crippen LogP contribution >= 0.6 is 15.9 Å². The van der Waals surface area contributed by atoms with Crippen LogP contribution in [0.2, 0.25) is 0 Å². The summed E-state index contributed by atoms with van der Waals surface area (Å²) in [5.74, 6) is 0.111. The number of nitrogens with zero attached hydrogens (tertiary/aromatic N) is 2. The van der Waals surface area contributed by atoms with Crippen LogP contribution in [0.25, 0.3) is 0 Å². The molecular formula is C17H18BrF3N4. The number of hydrogen-bond donors (Lipinski definition) is 2. The number of aryl methyl sites for hydroxylation is 1. The van der Waals surface area contributed by atoms with Crippen LogP contribution in [0.4, 0.5) is 30.6 Å². The highest BCUT2D eigenvalue weighted by atomic mass is 79.9. The van der Waals surface area contributed by atoms with Gasteiger partial charge in [0.05, 0.1) is 5.69 Å². The summed E-state index contributed by atoms with van der Waals surface area (Å²) in [6.07, 6.45) is -0.552. The van der Waals surface area contributed by atoms with E-state index in [-0.39, 0.29) is 17.8 Å². The second-order valence-electron chi connectivity index (χ2n) is 6.19. The first-order chi connectivity index (χ1) is 11.8. The Bertz CT molecular complexity index is 758. The molecule has 1 aliphatic rings. The van der Waals surface area contributed by atoms with Crippen LogP contribution in [0, 0.1) is 6.92 Å². The zero-order valence-electron chi connectivity index (χ0n) is 13.6. The fourth-order valence-corrected chi connectivity index (χ4v) is 3.43. The molecule has 3 rings (SSSR count). The lowest BCUT2D eigenvalue weighted by molar-refractivity contribution is -0.141. The Balaban J connectivity index is 1.90. The third-order valence-electron chi connectivity index (χ3n) is 4.09. The summed E-state index contributed by atoms with van der Waals surface area (Å²) >= 11 is 3.41. The Hall–Kier alpha value is -1.83. The van der Waals surface area contributed by atoms with E-state index >= 15 is 0 Å². The van der Waals surface area contributed by atoms with E-state index in [9.17, 15) is 13.2 Å². The van der Waals surface area contributed by atoms with Gasteiger partial charge < -0.3 is 10.6 Å². The van der Waals surface area contributed by atoms with Crippen LogP contribution in [-0.2, 0) is 6.18 Å². The maximum absolute atomic E-state index is 13.2. The van der Waals surface area contributed by atoms with E-state index < -0.39 is 11.9 Å². The molecule has 1 aromatic heterocycles. The predicted molar refractivity (Wildman–Crippen MR) is 95.1 cm³/mol. The fourth-order valence-electron chi connectivity index (χ4n) is 2.83. The van der Waals surface area contributed by atoms with Crippen molar-refractivity contribution in [1.82, 2.24) is 9.97 Å². The molecule has 1 saturated carbocycles. The van der Waals surface area contributed by atoms with Crippen molar-refractivity contribution in [2.45, 2.75) is 44.8 Å². The standard InChI is InChI=1S/C17H18BrF3N4/c1-10-6-7-13(12(18)8-10)23-15-9-14(17(19,20)21)24-16(25-15)22-11-4-2-3-5-11/h6-9,11H,2-5H2,1H3,(H2,22,23,24,25). The smallest absolute Gasteiger partial charge is 0.351 e. The normalized spacial score (nSPS) is 15.4. The van der Waals surface area contributed by atoms with Crippen molar-refractivity contribution >= 4 is 33.4 Å². The first kappa shape index (κ1) is 18.0. The molecule has 2 aromatic rings. The van der Waals surface area contributed by atoms with E-state index in [2.05, 4.69) is 36.5 Å². The lowest BCUT2D eigenvalue weighted by Gasteiger charge is -2.16. The molecule has 0 radical (unpaired) electrons. The molecule has 0 unspecified atom stereocenters. The molecule has 2 N–H and O–H groups in total. The molecule has 0 saturated heterocycles. The third kappa shape index (κ3) is 4.62. The molecular weight excluding hydrogens is 397 g/mol. The summed E-state index contributed by atoms with van der Waals surface area (Å²) < 4.78 is 40.3. The van der Waals surface area contributed by atoms with Crippen molar-refractivity contribution < 1.29 is 13.2 Å². The van der Waals surface area contributed by atoms with Gasteiger partial charge in [-0.15, -0.1) is 0 Å². The average Bonchev–Trinajstić information content (AvgIpc) is 3.02. The lowest BCUT2D eigenvalue weighted by Crippen LogP contribution is -2.19. The molecule has 1 aromatic carbocycles. The highest BCUT2D eigenvalue weighted by Gasteiger charge is 2.34. The van der Waals surface area contributed by atoms with Crippen LogP contribution in [-0.4, -0.2) is 16.0 Å². The van der Waals surface area contributed by atoms with Gasteiger partial charge in [-0.05, 0) is 53.4 Å². The number of benzene rings is 1. The molecule has 0 amide bonds. The van der Waals surface area contributed by atoms with Crippen LogP contribution in [0.1, 0.15) is 36.9 Å². The third-order valence-corrected chi connectivity index (χ3v) is 4.75. The quantitative estimate of drug-likeness (QED) is 0.676. The van der Waals surface area contributed by atoms with Crippen LogP contribution in [0.3, 0.4) is 0 Å². The molecule has 1 fully saturated rings. The number of rotatable bonds is 4. The summed E-state index contributed by atoms with van der Waals surface area (Å²) in [6.45, 7) is 1.94. The summed E-state index contributed by atoms with van der Waals surface area (Å²) in [5, 5.41) is 5.97. The Labute approximate surface area is 152 Å². The second kappa shape index (κ2) is 7.19.